The van der Waals surface area contributed by atoms with E-state index in [0.29, 0.717) is 29.1 Å². The number of hydrogen-bond acceptors (Lipinski definition) is 5. The molecule has 0 unspecified atom stereocenters. The van der Waals surface area contributed by atoms with Gasteiger partial charge in [0.1, 0.15) is 11.0 Å². The molecule has 1 aliphatic heterocycles. The van der Waals surface area contributed by atoms with Gasteiger partial charge in [-0.25, -0.2) is 4.98 Å². The SMILES string of the molecule is Cl.N#Cc1ccccc1Cn1c(N2CCC[C@@H](N)C2)nc2c(Br)c[nH]c2c1=O. The van der Waals surface area contributed by atoms with Crippen LogP contribution < -0.4 is 16.2 Å². The quantitative estimate of drug-likeness (QED) is 0.621. The Kier molecular flexibility index (Phi) is 6.08. The summed E-state index contributed by atoms with van der Waals surface area (Å²) in [7, 11) is 0. The minimum Gasteiger partial charge on any atom is -0.354 e. The highest BCUT2D eigenvalue weighted by atomic mass is 79.9. The van der Waals surface area contributed by atoms with Crippen LogP contribution in [0.4, 0.5) is 5.95 Å². The number of nitrogens with two attached hydrogens (primary N) is 1. The fraction of sp³-hybridized carbons (Fsp3) is 0.316. The van der Waals surface area contributed by atoms with Gasteiger partial charge >= 0.3 is 0 Å². The lowest BCUT2D eigenvalue weighted by Crippen LogP contribution is -2.45. The Balaban J connectivity index is 0.00000225. The number of nitrogens with zero attached hydrogens (tertiary/aromatic N) is 4. The van der Waals surface area contributed by atoms with Crippen LogP contribution >= 0.6 is 28.3 Å². The number of nitriles is 1. The average molecular weight is 464 g/mol. The third-order valence-corrected chi connectivity index (χ3v) is 5.53. The molecule has 0 radical (unpaired) electrons. The average Bonchev–Trinajstić information content (AvgIpc) is 3.05. The molecule has 1 saturated heterocycles. The normalized spacial score (nSPS) is 16.6. The monoisotopic (exact) mass is 462 g/mol. The maximum absolute atomic E-state index is 13.2. The van der Waals surface area contributed by atoms with Crippen LogP contribution in [0.2, 0.25) is 0 Å². The second-order valence-corrected chi connectivity index (χ2v) is 7.63. The summed E-state index contributed by atoms with van der Waals surface area (Å²) in [6.45, 7) is 1.73. The van der Waals surface area contributed by atoms with Crippen molar-refractivity contribution in [1.29, 1.82) is 5.26 Å². The van der Waals surface area contributed by atoms with Crippen LogP contribution in [0.1, 0.15) is 24.0 Å². The van der Waals surface area contributed by atoms with Gasteiger partial charge in [-0.1, -0.05) is 18.2 Å². The predicted molar refractivity (Wildman–Crippen MR) is 115 cm³/mol. The minimum absolute atomic E-state index is 0. The maximum Gasteiger partial charge on any atom is 0.279 e. The van der Waals surface area contributed by atoms with Gasteiger partial charge in [-0.2, -0.15) is 5.26 Å². The van der Waals surface area contributed by atoms with Gasteiger partial charge in [-0.15, -0.1) is 12.4 Å². The van der Waals surface area contributed by atoms with E-state index in [1.165, 1.54) is 0 Å². The number of piperidine rings is 1. The van der Waals surface area contributed by atoms with E-state index in [1.54, 1.807) is 16.8 Å². The summed E-state index contributed by atoms with van der Waals surface area (Å²) >= 11 is 3.46. The summed E-state index contributed by atoms with van der Waals surface area (Å²) in [5.41, 5.74) is 8.39. The Labute approximate surface area is 176 Å². The highest BCUT2D eigenvalue weighted by Gasteiger charge is 2.24. The van der Waals surface area contributed by atoms with Gasteiger partial charge in [0.05, 0.1) is 22.7 Å². The van der Waals surface area contributed by atoms with Crippen LogP contribution in [0.3, 0.4) is 0 Å². The van der Waals surface area contributed by atoms with Gasteiger partial charge in [-0.3, -0.25) is 9.36 Å². The first-order valence-electron chi connectivity index (χ1n) is 8.84. The van der Waals surface area contributed by atoms with E-state index in [1.807, 2.05) is 18.2 Å². The zero-order valence-electron chi connectivity index (χ0n) is 15.1. The molecule has 7 nitrogen and oxygen atoms in total. The van der Waals surface area contributed by atoms with Crippen molar-refractivity contribution >= 4 is 45.3 Å². The molecule has 4 rings (SSSR count). The molecule has 1 aliphatic rings. The van der Waals surface area contributed by atoms with E-state index >= 15 is 0 Å². The number of anilines is 1. The molecule has 3 N–H and O–H groups in total. The molecule has 146 valence electrons. The smallest absolute Gasteiger partial charge is 0.279 e. The van der Waals surface area contributed by atoms with E-state index in [9.17, 15) is 10.1 Å². The number of benzene rings is 1. The molecule has 3 aromatic rings. The molecule has 0 spiro atoms. The van der Waals surface area contributed by atoms with E-state index in [0.717, 1.165) is 29.4 Å². The highest BCUT2D eigenvalue weighted by Crippen LogP contribution is 2.25. The van der Waals surface area contributed by atoms with Crippen LogP contribution in [0.25, 0.3) is 11.0 Å². The summed E-state index contributed by atoms with van der Waals surface area (Å²) in [5, 5.41) is 9.40. The standard InChI is InChI=1S/C19H19BrN6O.ClH/c20-15-9-23-17-16(15)24-19(25-7-3-6-14(22)11-25)26(18(17)27)10-13-5-2-1-4-12(13)8-21;/h1-2,4-5,9,14,23H,3,6-7,10-11,22H2;1H/t14-;/m1./s1. The predicted octanol–water partition coefficient (Wildman–Crippen LogP) is 2.76. The van der Waals surface area contributed by atoms with Crippen molar-refractivity contribution in [2.75, 3.05) is 18.0 Å². The van der Waals surface area contributed by atoms with Crippen LogP contribution in [-0.4, -0.2) is 33.7 Å². The number of aromatic nitrogens is 3. The molecule has 0 saturated carbocycles. The van der Waals surface area contributed by atoms with Crippen molar-refractivity contribution in [3.63, 3.8) is 0 Å². The molecular weight excluding hydrogens is 444 g/mol. The molecule has 28 heavy (non-hydrogen) atoms. The fourth-order valence-corrected chi connectivity index (χ4v) is 3.96. The van der Waals surface area contributed by atoms with Gasteiger partial charge in [0, 0.05) is 25.3 Å². The third kappa shape index (κ3) is 3.65. The number of rotatable bonds is 3. The van der Waals surface area contributed by atoms with Crippen molar-refractivity contribution in [2.24, 2.45) is 5.73 Å². The first kappa shape index (κ1) is 20.4. The highest BCUT2D eigenvalue weighted by molar-refractivity contribution is 9.10. The van der Waals surface area contributed by atoms with Crippen molar-refractivity contribution in [3.8, 4) is 6.07 Å². The van der Waals surface area contributed by atoms with Gasteiger partial charge < -0.3 is 15.6 Å². The molecule has 1 atom stereocenters. The van der Waals surface area contributed by atoms with E-state index in [2.05, 4.69) is 31.9 Å². The van der Waals surface area contributed by atoms with Gasteiger partial charge in [0.15, 0.2) is 0 Å². The Bertz CT molecular complexity index is 1100. The molecule has 2 aromatic heterocycles. The number of hydrogen-bond donors (Lipinski definition) is 2. The molecule has 0 bridgehead atoms. The number of halogens is 2. The van der Waals surface area contributed by atoms with Crippen LogP contribution in [-0.2, 0) is 6.54 Å². The minimum atomic E-state index is -0.160. The largest absolute Gasteiger partial charge is 0.354 e. The Morgan fingerprint density at radius 2 is 2.18 bits per heavy atom. The summed E-state index contributed by atoms with van der Waals surface area (Å²) in [5.74, 6) is 0.593. The van der Waals surface area contributed by atoms with Gasteiger partial charge in [0.25, 0.3) is 5.56 Å². The lowest BCUT2D eigenvalue weighted by atomic mass is 10.1. The van der Waals surface area contributed by atoms with E-state index in [4.69, 9.17) is 10.7 Å². The number of nitrogens with one attached hydrogen (secondary N) is 1. The first-order valence-corrected chi connectivity index (χ1v) is 9.63. The molecule has 0 amide bonds. The number of aromatic amines is 1. The van der Waals surface area contributed by atoms with Crippen LogP contribution in [0, 0.1) is 11.3 Å². The summed E-state index contributed by atoms with van der Waals surface area (Å²) < 4.78 is 2.39. The number of H-pyrrole nitrogens is 1. The van der Waals surface area contributed by atoms with Crippen molar-refractivity contribution < 1.29 is 0 Å². The van der Waals surface area contributed by atoms with Crippen LogP contribution in [0.15, 0.2) is 39.7 Å². The Morgan fingerprint density at radius 1 is 1.39 bits per heavy atom. The van der Waals surface area contributed by atoms with E-state index in [-0.39, 0.29) is 30.6 Å². The molecule has 1 aromatic carbocycles. The zero-order chi connectivity index (χ0) is 19.0. The lowest BCUT2D eigenvalue weighted by Gasteiger charge is -2.33. The summed E-state index contributed by atoms with van der Waals surface area (Å²) in [4.78, 5) is 23.1. The Hall–Kier alpha value is -2.34. The molecule has 1 fully saturated rings. The second kappa shape index (κ2) is 8.35. The topological polar surface area (TPSA) is 104 Å². The van der Waals surface area contributed by atoms with Gasteiger partial charge in [0.2, 0.25) is 5.95 Å². The summed E-state index contributed by atoms with van der Waals surface area (Å²) in [6, 6.07) is 9.57. The van der Waals surface area contributed by atoms with E-state index < -0.39 is 0 Å². The Morgan fingerprint density at radius 3 is 2.93 bits per heavy atom. The summed E-state index contributed by atoms with van der Waals surface area (Å²) in [6.07, 6.45) is 3.64. The van der Waals surface area contributed by atoms with Crippen molar-refractivity contribution in [1.82, 2.24) is 14.5 Å². The fourth-order valence-electron chi connectivity index (χ4n) is 3.56. The van der Waals surface area contributed by atoms with Crippen molar-refractivity contribution in [3.05, 3.63) is 56.4 Å². The molecule has 3 heterocycles. The lowest BCUT2D eigenvalue weighted by molar-refractivity contribution is 0.491. The first-order chi connectivity index (χ1) is 13.1. The molecule has 0 aliphatic carbocycles. The molecular formula is C19H20BrClN6O. The third-order valence-electron chi connectivity index (χ3n) is 4.93. The zero-order valence-corrected chi connectivity index (χ0v) is 17.5. The van der Waals surface area contributed by atoms with Gasteiger partial charge in [-0.05, 0) is 40.4 Å². The maximum atomic E-state index is 13.2. The van der Waals surface area contributed by atoms with Crippen LogP contribution in [0.5, 0.6) is 0 Å². The van der Waals surface area contributed by atoms with Crippen molar-refractivity contribution in [2.45, 2.75) is 25.4 Å². The molecule has 9 heteroatoms. The second-order valence-electron chi connectivity index (χ2n) is 6.78. The number of fused-ring (bicyclic) bond motifs is 1.